The summed E-state index contributed by atoms with van der Waals surface area (Å²) < 4.78 is 41.4. The molecule has 0 unspecified atom stereocenters. The van der Waals surface area contributed by atoms with Crippen molar-refractivity contribution in [3.05, 3.63) is 23.8 Å². The van der Waals surface area contributed by atoms with Crippen molar-refractivity contribution in [2.45, 2.75) is 31.3 Å². The highest BCUT2D eigenvalue weighted by molar-refractivity contribution is 9.08. The Morgan fingerprint density at radius 1 is 1.40 bits per heavy atom. The first-order valence-corrected chi connectivity index (χ1v) is 7.16. The van der Waals surface area contributed by atoms with Gasteiger partial charge in [0.15, 0.2) is 0 Å². The van der Waals surface area contributed by atoms with Crippen LogP contribution < -0.4 is 10.1 Å². The monoisotopic (exact) mass is 353 g/mol. The lowest BCUT2D eigenvalue weighted by Gasteiger charge is -2.11. The number of carbonyl (C=O) groups excluding carboxylic acids is 1. The summed E-state index contributed by atoms with van der Waals surface area (Å²) in [5, 5.41) is 2.97. The summed E-state index contributed by atoms with van der Waals surface area (Å²) in [4.78, 5) is 11.4. The molecule has 0 saturated heterocycles. The molecule has 112 valence electrons. The summed E-state index contributed by atoms with van der Waals surface area (Å²) in [5.41, 5.74) is 1.27. The highest BCUT2D eigenvalue weighted by atomic mass is 79.9. The molecule has 0 aliphatic rings. The number of rotatable bonds is 6. The quantitative estimate of drug-likeness (QED) is 0.776. The number of halogens is 4. The van der Waals surface area contributed by atoms with Crippen molar-refractivity contribution >= 4 is 27.5 Å². The highest BCUT2D eigenvalue weighted by Gasteiger charge is 2.27. The molecule has 0 heterocycles. The van der Waals surface area contributed by atoms with E-state index in [4.69, 9.17) is 4.74 Å². The maximum Gasteiger partial charge on any atom is 0.389 e. The summed E-state index contributed by atoms with van der Waals surface area (Å²) in [7, 11) is 0. The van der Waals surface area contributed by atoms with Crippen LogP contribution in [0.3, 0.4) is 0 Å². The molecule has 0 saturated carbocycles. The number of hydrogen-bond acceptors (Lipinski definition) is 2. The number of benzene rings is 1. The Morgan fingerprint density at radius 3 is 2.65 bits per heavy atom. The fourth-order valence-corrected chi connectivity index (χ4v) is 1.97. The van der Waals surface area contributed by atoms with Gasteiger partial charge in [-0.2, -0.15) is 13.2 Å². The lowest BCUT2D eigenvalue weighted by Crippen LogP contribution is -2.16. The second-order valence-corrected chi connectivity index (χ2v) is 4.61. The molecule has 0 aromatic heterocycles. The first kappa shape index (κ1) is 16.8. The molecule has 0 bridgehead atoms. The molecule has 3 nitrogen and oxygen atoms in total. The zero-order valence-electron chi connectivity index (χ0n) is 10.9. The molecule has 0 atom stereocenters. The summed E-state index contributed by atoms with van der Waals surface area (Å²) >= 11 is 3.29. The number of anilines is 1. The van der Waals surface area contributed by atoms with Gasteiger partial charge in [0.2, 0.25) is 5.91 Å². The zero-order valence-corrected chi connectivity index (χ0v) is 12.5. The minimum atomic E-state index is -4.32. The number of carbonyl (C=O) groups is 1. The van der Waals surface area contributed by atoms with Gasteiger partial charge >= 0.3 is 6.18 Å². The third-order valence-corrected chi connectivity index (χ3v) is 3.03. The van der Waals surface area contributed by atoms with Crippen LogP contribution in [0.2, 0.25) is 0 Å². The zero-order chi connectivity index (χ0) is 15.2. The molecular formula is C13H15BrF3NO2. The molecule has 0 radical (unpaired) electrons. The maximum absolute atomic E-state index is 12.0. The van der Waals surface area contributed by atoms with Crippen molar-refractivity contribution in [2.75, 3.05) is 11.9 Å². The van der Waals surface area contributed by atoms with Crippen LogP contribution in [-0.2, 0) is 10.1 Å². The van der Waals surface area contributed by atoms with E-state index in [-0.39, 0.29) is 0 Å². The molecule has 1 amide bonds. The van der Waals surface area contributed by atoms with E-state index in [0.717, 1.165) is 5.56 Å². The fourth-order valence-electron chi connectivity index (χ4n) is 1.54. The average Bonchev–Trinajstić information content (AvgIpc) is 2.37. The second kappa shape index (κ2) is 7.52. The first-order chi connectivity index (χ1) is 9.35. The SMILES string of the molecule is CCOc1ccc(NC(=O)CCC(F)(F)F)cc1CBr. The lowest BCUT2D eigenvalue weighted by atomic mass is 10.2. The van der Waals surface area contributed by atoms with Crippen LogP contribution in [-0.4, -0.2) is 18.7 Å². The van der Waals surface area contributed by atoms with Crippen molar-refractivity contribution in [2.24, 2.45) is 0 Å². The van der Waals surface area contributed by atoms with Crippen molar-refractivity contribution < 1.29 is 22.7 Å². The van der Waals surface area contributed by atoms with E-state index in [2.05, 4.69) is 21.2 Å². The number of amides is 1. The fraction of sp³-hybridized carbons (Fsp3) is 0.462. The Morgan fingerprint density at radius 2 is 2.10 bits per heavy atom. The Labute approximate surface area is 123 Å². The maximum atomic E-state index is 12.0. The van der Waals surface area contributed by atoms with Crippen LogP contribution in [0.4, 0.5) is 18.9 Å². The Hall–Kier alpha value is -1.24. The van der Waals surface area contributed by atoms with Gasteiger partial charge in [-0.25, -0.2) is 0 Å². The van der Waals surface area contributed by atoms with Gasteiger partial charge in [0.25, 0.3) is 0 Å². The summed E-state index contributed by atoms with van der Waals surface area (Å²) in [6, 6.07) is 4.95. The van der Waals surface area contributed by atoms with E-state index in [1.165, 1.54) is 0 Å². The minimum Gasteiger partial charge on any atom is -0.494 e. The van der Waals surface area contributed by atoms with Gasteiger partial charge in [0.1, 0.15) is 5.75 Å². The van der Waals surface area contributed by atoms with Crippen LogP contribution >= 0.6 is 15.9 Å². The molecule has 1 N–H and O–H groups in total. The molecule has 20 heavy (non-hydrogen) atoms. The van der Waals surface area contributed by atoms with E-state index in [0.29, 0.717) is 23.4 Å². The standard InChI is InChI=1S/C13H15BrF3NO2/c1-2-20-11-4-3-10(7-9(11)8-14)18-12(19)5-6-13(15,16)17/h3-4,7H,2,5-6,8H2,1H3,(H,18,19). The Balaban J connectivity index is 2.66. The third-order valence-electron chi connectivity index (χ3n) is 2.42. The largest absolute Gasteiger partial charge is 0.494 e. The van der Waals surface area contributed by atoms with Crippen molar-refractivity contribution in [1.82, 2.24) is 0 Å². The molecule has 0 spiro atoms. The van der Waals surface area contributed by atoms with Crippen molar-refractivity contribution in [3.63, 3.8) is 0 Å². The summed E-state index contributed by atoms with van der Waals surface area (Å²) in [5.74, 6) is 0.0182. The molecule has 0 fully saturated rings. The van der Waals surface area contributed by atoms with Crippen molar-refractivity contribution in [3.8, 4) is 5.75 Å². The van der Waals surface area contributed by atoms with Gasteiger partial charge in [-0.05, 0) is 25.1 Å². The number of alkyl halides is 4. The van der Waals surface area contributed by atoms with Gasteiger partial charge in [-0.3, -0.25) is 4.79 Å². The number of ether oxygens (including phenoxy) is 1. The minimum absolute atomic E-state index is 0.454. The van der Waals surface area contributed by atoms with Gasteiger partial charge in [0, 0.05) is 23.0 Å². The van der Waals surface area contributed by atoms with Crippen LogP contribution in [0, 0.1) is 0 Å². The van der Waals surface area contributed by atoms with Crippen molar-refractivity contribution in [1.29, 1.82) is 0 Å². The predicted molar refractivity (Wildman–Crippen MR) is 74.2 cm³/mol. The van der Waals surface area contributed by atoms with Gasteiger partial charge < -0.3 is 10.1 Å². The van der Waals surface area contributed by atoms with Crippen LogP contribution in [0.5, 0.6) is 5.75 Å². The van der Waals surface area contributed by atoms with Crippen LogP contribution in [0.25, 0.3) is 0 Å². The Kier molecular flexibility index (Phi) is 6.32. The Bertz CT molecular complexity index is 463. The molecule has 1 aromatic rings. The van der Waals surface area contributed by atoms with Gasteiger partial charge in [0.05, 0.1) is 13.0 Å². The van der Waals surface area contributed by atoms with Gasteiger partial charge in [-0.1, -0.05) is 15.9 Å². The molecule has 7 heteroatoms. The third kappa shape index (κ3) is 5.81. The van der Waals surface area contributed by atoms with E-state index in [1.54, 1.807) is 18.2 Å². The normalized spacial score (nSPS) is 11.2. The molecule has 0 aliphatic carbocycles. The molecule has 1 aromatic carbocycles. The smallest absolute Gasteiger partial charge is 0.389 e. The second-order valence-electron chi connectivity index (χ2n) is 4.05. The lowest BCUT2D eigenvalue weighted by molar-refractivity contribution is -0.142. The molecular weight excluding hydrogens is 339 g/mol. The summed E-state index contributed by atoms with van der Waals surface area (Å²) in [6.45, 7) is 2.36. The first-order valence-electron chi connectivity index (χ1n) is 6.04. The molecule has 1 rings (SSSR count). The van der Waals surface area contributed by atoms with Crippen LogP contribution in [0.15, 0.2) is 18.2 Å². The predicted octanol–water partition coefficient (Wildman–Crippen LogP) is 4.26. The van der Waals surface area contributed by atoms with Gasteiger partial charge in [-0.15, -0.1) is 0 Å². The highest BCUT2D eigenvalue weighted by Crippen LogP contribution is 2.26. The van der Waals surface area contributed by atoms with Crippen LogP contribution in [0.1, 0.15) is 25.3 Å². The van der Waals surface area contributed by atoms with E-state index in [1.807, 2.05) is 6.92 Å². The van der Waals surface area contributed by atoms with E-state index < -0.39 is 24.9 Å². The molecule has 0 aliphatic heterocycles. The average molecular weight is 354 g/mol. The number of nitrogens with one attached hydrogen (secondary N) is 1. The van der Waals surface area contributed by atoms with E-state index >= 15 is 0 Å². The van der Waals surface area contributed by atoms with E-state index in [9.17, 15) is 18.0 Å². The number of hydrogen-bond donors (Lipinski definition) is 1. The summed E-state index contributed by atoms with van der Waals surface area (Å²) in [6.07, 6.45) is -6.03. The topological polar surface area (TPSA) is 38.3 Å².